The maximum Gasteiger partial charge on any atom is 0.268 e. The summed E-state index contributed by atoms with van der Waals surface area (Å²) < 4.78 is 0. The molecule has 2 heterocycles. The predicted molar refractivity (Wildman–Crippen MR) is 72.5 cm³/mol. The molecule has 104 valence electrons. The number of carbonyl (C=O) groups is 2. The number of hydrogen-bond donors (Lipinski definition) is 0. The zero-order valence-electron chi connectivity index (χ0n) is 11.2. The third kappa shape index (κ3) is 3.13. The molecule has 1 saturated heterocycles. The van der Waals surface area contributed by atoms with Crippen LogP contribution in [-0.4, -0.2) is 48.5 Å². The van der Waals surface area contributed by atoms with E-state index in [1.807, 2.05) is 17.5 Å². The van der Waals surface area contributed by atoms with E-state index >= 15 is 0 Å². The molecule has 0 unspecified atom stereocenters. The molecule has 5 nitrogen and oxygen atoms in total. The van der Waals surface area contributed by atoms with Gasteiger partial charge in [-0.15, -0.1) is 11.3 Å². The molecule has 1 aliphatic heterocycles. The smallest absolute Gasteiger partial charge is 0.268 e. The largest absolute Gasteiger partial charge is 0.330 e. The quantitative estimate of drug-likeness (QED) is 0.782. The molecule has 0 radical (unpaired) electrons. The topological polar surface area (TPSA) is 49.9 Å². The lowest BCUT2D eigenvalue weighted by Gasteiger charge is -2.26. The van der Waals surface area contributed by atoms with Gasteiger partial charge < -0.3 is 4.90 Å². The highest BCUT2D eigenvalue weighted by molar-refractivity contribution is 7.10. The number of rotatable bonds is 4. The van der Waals surface area contributed by atoms with Gasteiger partial charge in [0, 0.05) is 18.5 Å². The molecule has 1 atom stereocenters. The van der Waals surface area contributed by atoms with E-state index in [9.17, 15) is 9.59 Å². The lowest BCUT2D eigenvalue weighted by molar-refractivity contribution is -0.175. The van der Waals surface area contributed by atoms with Crippen LogP contribution in [0.5, 0.6) is 0 Å². The Bertz CT molecular complexity index is 447. The molecule has 0 aliphatic carbocycles. The summed E-state index contributed by atoms with van der Waals surface area (Å²) >= 11 is 1.56. The van der Waals surface area contributed by atoms with Crippen molar-refractivity contribution >= 4 is 23.2 Å². The van der Waals surface area contributed by atoms with Gasteiger partial charge in [0.15, 0.2) is 0 Å². The summed E-state index contributed by atoms with van der Waals surface area (Å²) in [5, 5.41) is 3.15. The van der Waals surface area contributed by atoms with Crippen molar-refractivity contribution in [3.8, 4) is 0 Å². The van der Waals surface area contributed by atoms with Gasteiger partial charge >= 0.3 is 0 Å². The molecule has 6 heteroatoms. The normalized spacial score (nSPS) is 18.6. The number of likely N-dealkylation sites (N-methyl/N-ethyl adjacent to an activating group) is 1. The summed E-state index contributed by atoms with van der Waals surface area (Å²) in [5.41, 5.74) is 0. The van der Waals surface area contributed by atoms with E-state index in [1.165, 1.54) is 12.2 Å². The van der Waals surface area contributed by atoms with E-state index in [2.05, 4.69) is 0 Å². The van der Waals surface area contributed by atoms with Crippen molar-refractivity contribution in [2.75, 3.05) is 20.7 Å². The van der Waals surface area contributed by atoms with Crippen molar-refractivity contribution < 1.29 is 14.4 Å². The van der Waals surface area contributed by atoms with Crippen LogP contribution in [0.3, 0.4) is 0 Å². The summed E-state index contributed by atoms with van der Waals surface area (Å²) in [4.78, 5) is 32.0. The Morgan fingerprint density at radius 1 is 1.58 bits per heavy atom. The van der Waals surface area contributed by atoms with Crippen LogP contribution < -0.4 is 0 Å². The molecule has 2 amide bonds. The van der Waals surface area contributed by atoms with Crippen molar-refractivity contribution in [1.82, 2.24) is 9.96 Å². The number of amides is 2. The first kappa shape index (κ1) is 14.0. The number of nitrogens with zero attached hydrogens (tertiary/aromatic N) is 2. The standard InChI is InChI=1S/C13H18N2O3S/c1-14(18-2)13(17)11-6-3-7-15(11)12(16)9-10-5-4-8-19-10/h4-5,8,11H,3,6-7,9H2,1-2H3/t11-/m1/s1. The van der Waals surface area contributed by atoms with E-state index in [4.69, 9.17) is 4.84 Å². The summed E-state index contributed by atoms with van der Waals surface area (Å²) in [7, 11) is 3.02. The SMILES string of the molecule is CON(C)C(=O)[C@H]1CCCN1C(=O)Cc1cccs1. The molecule has 1 aromatic rings. The van der Waals surface area contributed by atoms with Gasteiger partial charge in [0.2, 0.25) is 5.91 Å². The highest BCUT2D eigenvalue weighted by Crippen LogP contribution is 2.21. The average molecular weight is 282 g/mol. The maximum atomic E-state index is 12.3. The van der Waals surface area contributed by atoms with Crippen molar-refractivity contribution in [3.63, 3.8) is 0 Å². The van der Waals surface area contributed by atoms with E-state index in [0.29, 0.717) is 19.4 Å². The third-order valence-corrected chi connectivity index (χ3v) is 4.22. The van der Waals surface area contributed by atoms with Crippen molar-refractivity contribution in [1.29, 1.82) is 0 Å². The molecule has 0 aromatic carbocycles. The molecule has 1 aliphatic rings. The fourth-order valence-corrected chi connectivity index (χ4v) is 2.98. The van der Waals surface area contributed by atoms with Crippen LogP contribution in [-0.2, 0) is 20.8 Å². The molecular formula is C13H18N2O3S. The minimum atomic E-state index is -0.377. The first-order chi connectivity index (χ1) is 9.13. The first-order valence-electron chi connectivity index (χ1n) is 6.27. The molecule has 0 bridgehead atoms. The van der Waals surface area contributed by atoms with Crippen LogP contribution in [0.4, 0.5) is 0 Å². The maximum absolute atomic E-state index is 12.3. The Hall–Kier alpha value is -1.40. The molecular weight excluding hydrogens is 264 g/mol. The number of hydroxylamine groups is 2. The lowest BCUT2D eigenvalue weighted by atomic mass is 10.2. The number of thiophene rings is 1. The van der Waals surface area contributed by atoms with Gasteiger partial charge in [-0.05, 0) is 24.3 Å². The molecule has 19 heavy (non-hydrogen) atoms. The molecule has 2 rings (SSSR count). The zero-order valence-corrected chi connectivity index (χ0v) is 12.0. The Morgan fingerprint density at radius 3 is 3.00 bits per heavy atom. The minimum absolute atomic E-state index is 0.0165. The van der Waals surface area contributed by atoms with Crippen LogP contribution in [0.15, 0.2) is 17.5 Å². The lowest BCUT2D eigenvalue weighted by Crippen LogP contribution is -2.46. The highest BCUT2D eigenvalue weighted by atomic mass is 32.1. The fraction of sp³-hybridized carbons (Fsp3) is 0.538. The molecule has 0 N–H and O–H groups in total. The van der Waals surface area contributed by atoms with Crippen LogP contribution >= 0.6 is 11.3 Å². The monoisotopic (exact) mass is 282 g/mol. The minimum Gasteiger partial charge on any atom is -0.330 e. The molecule has 0 spiro atoms. The van der Waals surface area contributed by atoms with E-state index in [0.717, 1.165) is 11.3 Å². The Morgan fingerprint density at radius 2 is 2.37 bits per heavy atom. The second kappa shape index (κ2) is 6.16. The number of carbonyl (C=O) groups excluding carboxylic acids is 2. The van der Waals surface area contributed by atoms with Crippen molar-refractivity contribution in [2.45, 2.75) is 25.3 Å². The van der Waals surface area contributed by atoms with Gasteiger partial charge in [0.25, 0.3) is 5.91 Å². The second-order valence-electron chi connectivity index (χ2n) is 4.52. The second-order valence-corrected chi connectivity index (χ2v) is 5.55. The summed E-state index contributed by atoms with van der Waals surface area (Å²) in [5.74, 6) is -0.137. The number of likely N-dealkylation sites (tertiary alicyclic amines) is 1. The summed E-state index contributed by atoms with van der Waals surface area (Å²) in [6.45, 7) is 0.651. The van der Waals surface area contributed by atoms with Gasteiger partial charge in [0.1, 0.15) is 6.04 Å². The van der Waals surface area contributed by atoms with Gasteiger partial charge in [-0.2, -0.15) is 0 Å². The average Bonchev–Trinajstić information content (AvgIpc) is 3.07. The van der Waals surface area contributed by atoms with E-state index < -0.39 is 0 Å². The van der Waals surface area contributed by atoms with Gasteiger partial charge in [0.05, 0.1) is 13.5 Å². The predicted octanol–water partition coefficient (Wildman–Crippen LogP) is 1.30. The van der Waals surface area contributed by atoms with Gasteiger partial charge in [-0.3, -0.25) is 14.4 Å². The fourth-order valence-electron chi connectivity index (χ4n) is 2.29. The Labute approximate surface area is 116 Å². The van der Waals surface area contributed by atoms with E-state index in [-0.39, 0.29) is 17.9 Å². The van der Waals surface area contributed by atoms with Crippen LogP contribution in [0.2, 0.25) is 0 Å². The number of hydrogen-bond acceptors (Lipinski definition) is 4. The highest BCUT2D eigenvalue weighted by Gasteiger charge is 2.35. The summed E-state index contributed by atoms with van der Waals surface area (Å²) in [6.07, 6.45) is 1.95. The van der Waals surface area contributed by atoms with Crippen molar-refractivity contribution in [2.24, 2.45) is 0 Å². The van der Waals surface area contributed by atoms with Crippen LogP contribution in [0.25, 0.3) is 0 Å². The molecule has 1 aromatic heterocycles. The van der Waals surface area contributed by atoms with Crippen LogP contribution in [0.1, 0.15) is 17.7 Å². The Kier molecular flexibility index (Phi) is 4.55. The van der Waals surface area contributed by atoms with Gasteiger partial charge in [-0.25, -0.2) is 5.06 Å². The summed E-state index contributed by atoms with van der Waals surface area (Å²) in [6, 6.07) is 3.49. The van der Waals surface area contributed by atoms with Gasteiger partial charge in [-0.1, -0.05) is 6.07 Å². The molecule has 1 fully saturated rings. The molecule has 0 saturated carbocycles. The van der Waals surface area contributed by atoms with Crippen molar-refractivity contribution in [3.05, 3.63) is 22.4 Å². The van der Waals surface area contributed by atoms with Crippen LogP contribution in [0, 0.1) is 0 Å². The van der Waals surface area contributed by atoms with E-state index in [1.54, 1.807) is 23.3 Å². The third-order valence-electron chi connectivity index (χ3n) is 3.35. The Balaban J connectivity index is 2.02. The first-order valence-corrected chi connectivity index (χ1v) is 7.15. The zero-order chi connectivity index (χ0) is 13.8.